The van der Waals surface area contributed by atoms with Crippen molar-refractivity contribution < 1.29 is 22.7 Å². The van der Waals surface area contributed by atoms with Crippen molar-refractivity contribution in [3.8, 4) is 11.5 Å². The van der Waals surface area contributed by atoms with Crippen LogP contribution in [-0.2, 0) is 21.4 Å². The van der Waals surface area contributed by atoms with Gasteiger partial charge in [-0.25, -0.2) is 8.42 Å². The molecule has 1 fully saturated rings. The van der Waals surface area contributed by atoms with Crippen molar-refractivity contribution in [2.75, 3.05) is 27.3 Å². The summed E-state index contributed by atoms with van der Waals surface area (Å²) in [5.41, 5.74) is 2.15. The molecule has 2 aromatic carbocycles. The highest BCUT2D eigenvalue weighted by Gasteiger charge is 2.35. The van der Waals surface area contributed by atoms with Gasteiger partial charge >= 0.3 is 0 Å². The minimum atomic E-state index is -3.83. The number of nitrogens with one attached hydrogen (secondary N) is 1. The molecule has 1 saturated heterocycles. The molecule has 162 valence electrons. The number of benzene rings is 2. The van der Waals surface area contributed by atoms with Crippen molar-refractivity contribution in [1.82, 2.24) is 9.62 Å². The number of methoxy groups -OCH3 is 2. The maximum absolute atomic E-state index is 13.3. The average Bonchev–Trinajstić information content (AvgIpc) is 2.77. The van der Waals surface area contributed by atoms with Crippen molar-refractivity contribution in [3.05, 3.63) is 53.6 Å². The van der Waals surface area contributed by atoms with Crippen LogP contribution in [0.4, 0.5) is 0 Å². The molecule has 0 spiro atoms. The van der Waals surface area contributed by atoms with Gasteiger partial charge < -0.3 is 14.8 Å². The van der Waals surface area contributed by atoms with Crippen LogP contribution in [0.5, 0.6) is 11.5 Å². The molecular formula is C22H28N2O5S. The van der Waals surface area contributed by atoms with Crippen LogP contribution >= 0.6 is 0 Å². The molecule has 0 saturated carbocycles. The lowest BCUT2D eigenvalue weighted by Gasteiger charge is -2.31. The monoisotopic (exact) mass is 432 g/mol. The molecule has 1 atom stereocenters. The van der Waals surface area contributed by atoms with Crippen LogP contribution in [0.15, 0.2) is 47.4 Å². The maximum atomic E-state index is 13.3. The van der Waals surface area contributed by atoms with Crippen LogP contribution in [0.1, 0.15) is 24.0 Å². The molecule has 2 aromatic rings. The summed E-state index contributed by atoms with van der Waals surface area (Å²) in [6.07, 6.45) is 1.27. The Labute approximate surface area is 178 Å². The summed E-state index contributed by atoms with van der Waals surface area (Å²) in [5.74, 6) is 0.157. The molecule has 1 N–H and O–H groups in total. The van der Waals surface area contributed by atoms with Gasteiger partial charge in [-0.3, -0.25) is 4.79 Å². The number of ether oxygens (including phenoxy) is 2. The molecule has 7 nitrogen and oxygen atoms in total. The van der Waals surface area contributed by atoms with Crippen LogP contribution in [-0.4, -0.2) is 45.9 Å². The lowest BCUT2D eigenvalue weighted by Crippen LogP contribution is -2.45. The number of hydrogen-bond acceptors (Lipinski definition) is 5. The Kier molecular flexibility index (Phi) is 6.99. The maximum Gasteiger partial charge on any atom is 0.246 e. The predicted molar refractivity (Wildman–Crippen MR) is 114 cm³/mol. The first-order chi connectivity index (χ1) is 14.3. The number of rotatable bonds is 7. The van der Waals surface area contributed by atoms with Gasteiger partial charge in [0.15, 0.2) is 0 Å². The molecule has 0 bridgehead atoms. The molecule has 0 radical (unpaired) electrons. The summed E-state index contributed by atoms with van der Waals surface area (Å²) in [6, 6.07) is 12.6. The predicted octanol–water partition coefficient (Wildman–Crippen LogP) is 2.73. The first-order valence-corrected chi connectivity index (χ1v) is 11.3. The Morgan fingerprint density at radius 2 is 1.97 bits per heavy atom. The van der Waals surface area contributed by atoms with E-state index in [9.17, 15) is 13.2 Å². The molecule has 30 heavy (non-hydrogen) atoms. The summed E-state index contributed by atoms with van der Waals surface area (Å²) in [5, 5.41) is 2.94. The highest BCUT2D eigenvalue weighted by molar-refractivity contribution is 7.89. The van der Waals surface area contributed by atoms with Crippen molar-refractivity contribution in [3.63, 3.8) is 0 Å². The SMILES string of the molecule is COc1ccc(OC)c(S(=O)(=O)N2CCC[C@H](C(=O)NCc3cccc(C)c3)C2)c1. The van der Waals surface area contributed by atoms with Gasteiger partial charge in [0.1, 0.15) is 16.4 Å². The van der Waals surface area contributed by atoms with E-state index in [1.807, 2.05) is 31.2 Å². The van der Waals surface area contributed by atoms with Gasteiger partial charge in [0.2, 0.25) is 15.9 Å². The number of sulfonamides is 1. The van der Waals surface area contributed by atoms with E-state index in [1.54, 1.807) is 12.1 Å². The second-order valence-electron chi connectivity index (χ2n) is 7.43. The standard InChI is InChI=1S/C22H28N2O5S/c1-16-6-4-7-17(12-16)14-23-22(25)18-8-5-11-24(15-18)30(26,27)21-13-19(28-2)9-10-20(21)29-3/h4,6-7,9-10,12-13,18H,5,8,11,14-15H2,1-3H3,(H,23,25)/t18-/m0/s1. The number of piperidine rings is 1. The van der Waals surface area contributed by atoms with Gasteiger partial charge in [-0.2, -0.15) is 4.31 Å². The fraction of sp³-hybridized carbons (Fsp3) is 0.409. The van der Waals surface area contributed by atoms with Gasteiger partial charge in [0.25, 0.3) is 0 Å². The Morgan fingerprint density at radius 3 is 2.67 bits per heavy atom. The summed E-state index contributed by atoms with van der Waals surface area (Å²) in [6.45, 7) is 2.93. The molecule has 1 aliphatic rings. The van der Waals surface area contributed by atoms with Gasteiger partial charge in [0.05, 0.1) is 20.1 Å². The molecule has 8 heteroatoms. The van der Waals surface area contributed by atoms with Gasteiger partial charge in [-0.1, -0.05) is 29.8 Å². The zero-order valence-corrected chi connectivity index (χ0v) is 18.4. The van der Waals surface area contributed by atoms with E-state index in [4.69, 9.17) is 9.47 Å². The highest BCUT2D eigenvalue weighted by atomic mass is 32.2. The Morgan fingerprint density at radius 1 is 1.17 bits per heavy atom. The first kappa shape index (κ1) is 22.1. The van der Waals surface area contributed by atoms with Crippen molar-refractivity contribution in [2.45, 2.75) is 31.2 Å². The largest absolute Gasteiger partial charge is 0.497 e. The van der Waals surface area contributed by atoms with Gasteiger partial charge in [-0.15, -0.1) is 0 Å². The number of nitrogens with zero attached hydrogens (tertiary/aromatic N) is 1. The average molecular weight is 433 g/mol. The van der Waals surface area contributed by atoms with Crippen molar-refractivity contribution in [2.24, 2.45) is 5.92 Å². The van der Waals surface area contributed by atoms with E-state index in [1.165, 1.54) is 24.6 Å². The number of amides is 1. The zero-order chi connectivity index (χ0) is 21.7. The lowest BCUT2D eigenvalue weighted by atomic mass is 9.98. The van der Waals surface area contributed by atoms with E-state index in [0.29, 0.717) is 31.7 Å². The topological polar surface area (TPSA) is 84.9 Å². The minimum Gasteiger partial charge on any atom is -0.497 e. The van der Waals surface area contributed by atoms with Crippen LogP contribution in [0, 0.1) is 12.8 Å². The molecule has 1 aliphatic heterocycles. The van der Waals surface area contributed by atoms with E-state index in [0.717, 1.165) is 11.1 Å². The molecule has 1 amide bonds. The zero-order valence-electron chi connectivity index (χ0n) is 17.6. The van der Waals surface area contributed by atoms with Gasteiger partial charge in [-0.05, 0) is 37.5 Å². The molecule has 1 heterocycles. The van der Waals surface area contributed by atoms with Crippen molar-refractivity contribution >= 4 is 15.9 Å². The number of carbonyl (C=O) groups is 1. The van der Waals surface area contributed by atoms with Crippen LogP contribution in [0.2, 0.25) is 0 Å². The summed E-state index contributed by atoms with van der Waals surface area (Å²) >= 11 is 0. The van der Waals surface area contributed by atoms with E-state index in [2.05, 4.69) is 5.32 Å². The molecule has 0 unspecified atom stereocenters. The lowest BCUT2D eigenvalue weighted by molar-refractivity contribution is -0.126. The number of hydrogen-bond donors (Lipinski definition) is 1. The molecule has 0 aliphatic carbocycles. The normalized spacial score (nSPS) is 17.4. The fourth-order valence-electron chi connectivity index (χ4n) is 3.66. The van der Waals surface area contributed by atoms with E-state index >= 15 is 0 Å². The van der Waals surface area contributed by atoms with E-state index < -0.39 is 15.9 Å². The molecule has 3 rings (SSSR count). The van der Waals surface area contributed by atoms with E-state index in [-0.39, 0.29) is 23.1 Å². The van der Waals surface area contributed by atoms with Crippen molar-refractivity contribution in [1.29, 1.82) is 0 Å². The Hall–Kier alpha value is -2.58. The van der Waals surface area contributed by atoms with Crippen LogP contribution < -0.4 is 14.8 Å². The smallest absolute Gasteiger partial charge is 0.246 e. The third-order valence-electron chi connectivity index (χ3n) is 5.29. The minimum absolute atomic E-state index is 0.0465. The first-order valence-electron chi connectivity index (χ1n) is 9.90. The fourth-order valence-corrected chi connectivity index (χ4v) is 5.35. The number of aryl methyl sites for hydroxylation is 1. The second kappa shape index (κ2) is 9.49. The summed E-state index contributed by atoms with van der Waals surface area (Å²) < 4.78 is 38.4. The number of carbonyl (C=O) groups excluding carboxylic acids is 1. The second-order valence-corrected chi connectivity index (χ2v) is 9.33. The third-order valence-corrected chi connectivity index (χ3v) is 7.18. The third kappa shape index (κ3) is 4.94. The van der Waals surface area contributed by atoms with Crippen LogP contribution in [0.25, 0.3) is 0 Å². The summed E-state index contributed by atoms with van der Waals surface area (Å²) in [7, 11) is -0.919. The Bertz CT molecular complexity index is 1010. The van der Waals surface area contributed by atoms with Gasteiger partial charge in [0, 0.05) is 25.7 Å². The highest BCUT2D eigenvalue weighted by Crippen LogP contribution is 2.32. The quantitative estimate of drug-likeness (QED) is 0.727. The summed E-state index contributed by atoms with van der Waals surface area (Å²) in [4.78, 5) is 12.8. The molecular weight excluding hydrogens is 404 g/mol. The Balaban J connectivity index is 1.72. The van der Waals surface area contributed by atoms with Crippen LogP contribution in [0.3, 0.4) is 0 Å². The molecule has 0 aromatic heterocycles.